The van der Waals surface area contributed by atoms with E-state index in [9.17, 15) is 0 Å². The van der Waals surface area contributed by atoms with Gasteiger partial charge in [-0.3, -0.25) is 0 Å². The van der Waals surface area contributed by atoms with Crippen molar-refractivity contribution in [3.8, 4) is 18.1 Å². The molecule has 1 rings (SSSR count). The van der Waals surface area contributed by atoms with Crippen LogP contribution in [-0.2, 0) is 6.42 Å². The van der Waals surface area contributed by atoms with Crippen LogP contribution in [0.15, 0.2) is 6.07 Å². The Hall–Kier alpha value is -1.13. The van der Waals surface area contributed by atoms with Crippen molar-refractivity contribution in [2.75, 3.05) is 7.11 Å². The Morgan fingerprint density at radius 2 is 2.12 bits per heavy atom. The summed E-state index contributed by atoms with van der Waals surface area (Å²) < 4.78 is 5.38. The molecule has 0 aromatic heterocycles. The second-order valence-electron chi connectivity index (χ2n) is 4.09. The van der Waals surface area contributed by atoms with Gasteiger partial charge in [0.15, 0.2) is 0 Å². The van der Waals surface area contributed by atoms with Gasteiger partial charge in [-0.05, 0) is 43.0 Å². The normalized spacial score (nSPS) is 12.0. The van der Waals surface area contributed by atoms with Gasteiger partial charge in [-0.25, -0.2) is 0 Å². The summed E-state index contributed by atoms with van der Waals surface area (Å²) in [5.74, 6) is 3.79. The molecule has 2 heteroatoms. The van der Waals surface area contributed by atoms with Gasteiger partial charge >= 0.3 is 0 Å². The highest BCUT2D eigenvalue weighted by Crippen LogP contribution is 2.32. The van der Waals surface area contributed by atoms with Crippen LogP contribution in [0.1, 0.15) is 23.6 Å². The highest BCUT2D eigenvalue weighted by atomic mass is 35.5. The average molecular weight is 237 g/mol. The molecule has 0 saturated carbocycles. The van der Waals surface area contributed by atoms with Crippen molar-refractivity contribution in [1.82, 2.24) is 0 Å². The fourth-order valence-electron chi connectivity index (χ4n) is 1.76. The summed E-state index contributed by atoms with van der Waals surface area (Å²) in [6.07, 6.45) is 6.20. The predicted octanol–water partition coefficient (Wildman–Crippen LogP) is 3.78. The largest absolute Gasteiger partial charge is 0.496 e. The lowest BCUT2D eigenvalue weighted by atomic mass is 9.95. The minimum Gasteiger partial charge on any atom is -0.496 e. The van der Waals surface area contributed by atoms with Crippen molar-refractivity contribution >= 4 is 11.6 Å². The monoisotopic (exact) mass is 236 g/mol. The number of hydrogen-bond acceptors (Lipinski definition) is 1. The Balaban J connectivity index is 3.26. The van der Waals surface area contributed by atoms with Crippen LogP contribution in [0.3, 0.4) is 0 Å². The van der Waals surface area contributed by atoms with Crippen LogP contribution in [0.5, 0.6) is 5.75 Å². The summed E-state index contributed by atoms with van der Waals surface area (Å²) in [7, 11) is 1.67. The molecule has 0 N–H and O–H groups in total. The molecule has 0 saturated heterocycles. The van der Waals surface area contributed by atoms with Crippen molar-refractivity contribution in [1.29, 1.82) is 0 Å². The van der Waals surface area contributed by atoms with Gasteiger partial charge in [0, 0.05) is 10.9 Å². The van der Waals surface area contributed by atoms with Gasteiger partial charge in [-0.15, -0.1) is 12.3 Å². The first kappa shape index (κ1) is 12.9. The molecule has 0 aliphatic heterocycles. The topological polar surface area (TPSA) is 9.23 Å². The van der Waals surface area contributed by atoms with Gasteiger partial charge in [0.1, 0.15) is 5.75 Å². The third kappa shape index (κ3) is 2.51. The molecule has 0 spiro atoms. The SMILES string of the molecule is C#CC(C)Cc1c(OC)cc(C)c(Cl)c1C. The van der Waals surface area contributed by atoms with E-state index in [4.69, 9.17) is 22.8 Å². The van der Waals surface area contributed by atoms with Gasteiger partial charge in [0.25, 0.3) is 0 Å². The minimum absolute atomic E-state index is 0.186. The molecule has 86 valence electrons. The second kappa shape index (κ2) is 5.27. The third-order valence-electron chi connectivity index (χ3n) is 2.79. The Labute approximate surface area is 103 Å². The Morgan fingerprint density at radius 1 is 1.50 bits per heavy atom. The van der Waals surface area contributed by atoms with E-state index < -0.39 is 0 Å². The fourth-order valence-corrected chi connectivity index (χ4v) is 1.93. The molecule has 0 aliphatic rings. The molecule has 16 heavy (non-hydrogen) atoms. The smallest absolute Gasteiger partial charge is 0.122 e. The molecule has 1 atom stereocenters. The molecule has 0 bridgehead atoms. The molecule has 0 fully saturated rings. The first-order chi connectivity index (χ1) is 7.51. The lowest BCUT2D eigenvalue weighted by Crippen LogP contribution is -2.03. The number of terminal acetylenes is 1. The maximum atomic E-state index is 6.23. The molecule has 0 heterocycles. The number of halogens is 1. The Bertz CT molecular complexity index is 429. The summed E-state index contributed by atoms with van der Waals surface area (Å²) in [5, 5.41) is 0.806. The van der Waals surface area contributed by atoms with Gasteiger partial charge in [0.2, 0.25) is 0 Å². The van der Waals surface area contributed by atoms with Gasteiger partial charge in [-0.1, -0.05) is 18.5 Å². The minimum atomic E-state index is 0.186. The van der Waals surface area contributed by atoms with Gasteiger partial charge in [0.05, 0.1) is 7.11 Å². The molecule has 0 amide bonds. The zero-order valence-corrected chi connectivity index (χ0v) is 11.0. The first-order valence-corrected chi connectivity index (χ1v) is 5.67. The van der Waals surface area contributed by atoms with Crippen LogP contribution in [0.4, 0.5) is 0 Å². The lowest BCUT2D eigenvalue weighted by Gasteiger charge is -2.16. The van der Waals surface area contributed by atoms with E-state index in [1.807, 2.05) is 26.8 Å². The van der Waals surface area contributed by atoms with E-state index in [2.05, 4.69) is 5.92 Å². The van der Waals surface area contributed by atoms with Crippen LogP contribution < -0.4 is 4.74 Å². The molecular formula is C14H17ClO. The summed E-state index contributed by atoms with van der Waals surface area (Å²) in [4.78, 5) is 0. The van der Waals surface area contributed by atoms with Crippen LogP contribution in [-0.4, -0.2) is 7.11 Å². The van der Waals surface area contributed by atoms with Crippen molar-refractivity contribution in [2.24, 2.45) is 5.92 Å². The summed E-state index contributed by atoms with van der Waals surface area (Å²) in [6, 6.07) is 1.97. The quantitative estimate of drug-likeness (QED) is 0.726. The van der Waals surface area contributed by atoms with Crippen molar-refractivity contribution in [3.63, 3.8) is 0 Å². The third-order valence-corrected chi connectivity index (χ3v) is 3.37. The average Bonchev–Trinajstić information content (AvgIpc) is 2.29. The number of hydrogen-bond donors (Lipinski definition) is 0. The zero-order valence-electron chi connectivity index (χ0n) is 10.2. The maximum absolute atomic E-state index is 6.23. The fraction of sp³-hybridized carbons (Fsp3) is 0.429. The first-order valence-electron chi connectivity index (χ1n) is 5.30. The van der Waals surface area contributed by atoms with E-state index in [0.717, 1.165) is 33.9 Å². The summed E-state index contributed by atoms with van der Waals surface area (Å²) >= 11 is 6.23. The lowest BCUT2D eigenvalue weighted by molar-refractivity contribution is 0.407. The van der Waals surface area contributed by atoms with Crippen molar-refractivity contribution in [2.45, 2.75) is 27.2 Å². The number of benzene rings is 1. The Kier molecular flexibility index (Phi) is 4.26. The van der Waals surface area contributed by atoms with Gasteiger partial charge < -0.3 is 4.74 Å². The van der Waals surface area contributed by atoms with E-state index in [1.54, 1.807) is 7.11 Å². The second-order valence-corrected chi connectivity index (χ2v) is 4.46. The van der Waals surface area contributed by atoms with Crippen LogP contribution in [0.2, 0.25) is 5.02 Å². The number of methoxy groups -OCH3 is 1. The highest BCUT2D eigenvalue weighted by Gasteiger charge is 2.14. The number of ether oxygens (including phenoxy) is 1. The zero-order chi connectivity index (χ0) is 12.3. The number of rotatable bonds is 3. The van der Waals surface area contributed by atoms with E-state index in [-0.39, 0.29) is 5.92 Å². The van der Waals surface area contributed by atoms with Crippen LogP contribution >= 0.6 is 11.6 Å². The molecule has 1 aromatic rings. The molecule has 0 aliphatic carbocycles. The van der Waals surface area contributed by atoms with Crippen molar-refractivity contribution < 1.29 is 4.74 Å². The van der Waals surface area contributed by atoms with E-state index in [0.29, 0.717) is 0 Å². The molecule has 0 radical (unpaired) electrons. The van der Waals surface area contributed by atoms with Crippen LogP contribution in [0.25, 0.3) is 0 Å². The Morgan fingerprint density at radius 3 is 2.62 bits per heavy atom. The molecule has 1 aromatic carbocycles. The van der Waals surface area contributed by atoms with E-state index in [1.165, 1.54) is 0 Å². The van der Waals surface area contributed by atoms with E-state index >= 15 is 0 Å². The van der Waals surface area contributed by atoms with Crippen molar-refractivity contribution in [3.05, 3.63) is 27.8 Å². The van der Waals surface area contributed by atoms with Gasteiger partial charge in [-0.2, -0.15) is 0 Å². The maximum Gasteiger partial charge on any atom is 0.122 e. The summed E-state index contributed by atoms with van der Waals surface area (Å²) in [5.41, 5.74) is 3.22. The molecular weight excluding hydrogens is 220 g/mol. The van der Waals surface area contributed by atoms with Crippen LogP contribution in [0, 0.1) is 32.1 Å². The number of aryl methyl sites for hydroxylation is 1. The predicted molar refractivity (Wildman–Crippen MR) is 69.2 cm³/mol. The standard InChI is InChI=1S/C14H17ClO/c1-6-9(2)7-12-11(4)14(15)10(3)8-13(12)16-5/h1,8-9H,7H2,2-5H3. The highest BCUT2D eigenvalue weighted by molar-refractivity contribution is 6.32. The molecule has 1 nitrogen and oxygen atoms in total. The summed E-state index contributed by atoms with van der Waals surface area (Å²) in [6.45, 7) is 6.01. The molecule has 1 unspecified atom stereocenters.